The van der Waals surface area contributed by atoms with Crippen molar-refractivity contribution >= 4 is 23.4 Å². The number of hydrogen-bond acceptors (Lipinski definition) is 4. The SMILES string of the molecule is O=C(NCCO)[C@@H](c1ccccc1)N(Cc1ccc(F)cc1)C(=O)COc1ccccc1Cl. The quantitative estimate of drug-likeness (QED) is 0.473. The maximum Gasteiger partial charge on any atom is 0.261 e. The predicted molar refractivity (Wildman–Crippen MR) is 123 cm³/mol. The Morgan fingerprint density at radius 3 is 2.33 bits per heavy atom. The molecule has 2 N–H and O–H groups in total. The van der Waals surface area contributed by atoms with Crippen molar-refractivity contribution in [3.63, 3.8) is 0 Å². The Hall–Kier alpha value is -3.42. The lowest BCUT2D eigenvalue weighted by atomic mass is 10.0. The van der Waals surface area contributed by atoms with E-state index in [1.54, 1.807) is 66.7 Å². The molecule has 0 bridgehead atoms. The Bertz CT molecular complexity index is 1060. The lowest BCUT2D eigenvalue weighted by Crippen LogP contribution is -2.45. The van der Waals surface area contributed by atoms with Gasteiger partial charge in [0.1, 0.15) is 17.6 Å². The van der Waals surface area contributed by atoms with Gasteiger partial charge >= 0.3 is 0 Å². The number of carbonyl (C=O) groups is 2. The number of halogens is 2. The van der Waals surface area contributed by atoms with Gasteiger partial charge in [0.15, 0.2) is 6.61 Å². The minimum atomic E-state index is -0.995. The highest BCUT2D eigenvalue weighted by atomic mass is 35.5. The summed E-state index contributed by atoms with van der Waals surface area (Å²) in [5, 5.41) is 12.1. The molecule has 0 spiro atoms. The zero-order valence-corrected chi connectivity index (χ0v) is 18.5. The molecule has 0 aliphatic carbocycles. The smallest absolute Gasteiger partial charge is 0.261 e. The molecule has 0 saturated heterocycles. The Morgan fingerprint density at radius 2 is 1.67 bits per heavy atom. The second-order valence-corrected chi connectivity index (χ2v) is 7.60. The second kappa shape index (κ2) is 12.0. The van der Waals surface area contributed by atoms with Crippen molar-refractivity contribution < 1.29 is 23.8 Å². The van der Waals surface area contributed by atoms with Gasteiger partial charge in [-0.25, -0.2) is 4.39 Å². The summed E-state index contributed by atoms with van der Waals surface area (Å²) >= 11 is 6.12. The minimum absolute atomic E-state index is 0.0386. The van der Waals surface area contributed by atoms with E-state index in [4.69, 9.17) is 21.4 Å². The summed E-state index contributed by atoms with van der Waals surface area (Å²) in [5.74, 6) is -0.982. The summed E-state index contributed by atoms with van der Waals surface area (Å²) in [6.45, 7) is -0.524. The number of amides is 2. The van der Waals surface area contributed by atoms with Crippen LogP contribution in [0, 0.1) is 5.82 Å². The van der Waals surface area contributed by atoms with Crippen molar-refractivity contribution in [2.24, 2.45) is 0 Å². The van der Waals surface area contributed by atoms with Gasteiger partial charge in [-0.2, -0.15) is 0 Å². The molecular weight excluding hydrogens is 447 g/mol. The van der Waals surface area contributed by atoms with Gasteiger partial charge in [-0.1, -0.05) is 66.2 Å². The number of aliphatic hydroxyl groups is 1. The van der Waals surface area contributed by atoms with Crippen LogP contribution in [0.2, 0.25) is 5.02 Å². The molecule has 3 aromatic carbocycles. The Balaban J connectivity index is 1.93. The molecular formula is C25H24ClFN2O4. The van der Waals surface area contributed by atoms with Gasteiger partial charge in [0.25, 0.3) is 5.91 Å². The van der Waals surface area contributed by atoms with Crippen LogP contribution >= 0.6 is 11.6 Å². The number of carbonyl (C=O) groups excluding carboxylic acids is 2. The number of rotatable bonds is 10. The van der Waals surface area contributed by atoms with Gasteiger partial charge in [-0.15, -0.1) is 0 Å². The van der Waals surface area contributed by atoms with E-state index in [9.17, 15) is 14.0 Å². The minimum Gasteiger partial charge on any atom is -0.482 e. The van der Waals surface area contributed by atoms with Crippen molar-refractivity contribution in [2.75, 3.05) is 19.8 Å². The zero-order valence-electron chi connectivity index (χ0n) is 17.8. The third-order valence-corrected chi connectivity index (χ3v) is 5.17. The van der Waals surface area contributed by atoms with Gasteiger partial charge in [0, 0.05) is 13.1 Å². The van der Waals surface area contributed by atoms with Crippen LogP contribution in [0.3, 0.4) is 0 Å². The number of nitrogens with one attached hydrogen (secondary N) is 1. The van der Waals surface area contributed by atoms with Crippen LogP contribution in [0.4, 0.5) is 4.39 Å². The van der Waals surface area contributed by atoms with Crippen LogP contribution in [-0.4, -0.2) is 41.6 Å². The molecule has 0 aliphatic rings. The van der Waals surface area contributed by atoms with Gasteiger partial charge in [-0.3, -0.25) is 9.59 Å². The predicted octanol–water partition coefficient (Wildman–Crippen LogP) is 3.74. The van der Waals surface area contributed by atoms with Crippen LogP contribution in [0.15, 0.2) is 78.9 Å². The van der Waals surface area contributed by atoms with E-state index in [0.29, 0.717) is 21.9 Å². The van der Waals surface area contributed by atoms with Gasteiger partial charge < -0.3 is 20.1 Å². The van der Waals surface area contributed by atoms with Crippen molar-refractivity contribution in [3.05, 3.63) is 101 Å². The first-order chi connectivity index (χ1) is 16.0. The molecule has 0 radical (unpaired) electrons. The van der Waals surface area contributed by atoms with Crippen LogP contribution in [0.25, 0.3) is 0 Å². The molecule has 3 aromatic rings. The summed E-state index contributed by atoms with van der Waals surface area (Å²) in [5.41, 5.74) is 1.22. The van der Waals surface area contributed by atoms with E-state index in [1.165, 1.54) is 17.0 Å². The zero-order chi connectivity index (χ0) is 23.6. The van der Waals surface area contributed by atoms with Crippen LogP contribution in [-0.2, 0) is 16.1 Å². The first-order valence-corrected chi connectivity index (χ1v) is 10.7. The van der Waals surface area contributed by atoms with E-state index in [-0.39, 0.29) is 26.3 Å². The molecule has 0 saturated carbocycles. The summed E-state index contributed by atoms with van der Waals surface area (Å²) in [6.07, 6.45) is 0. The van der Waals surface area contributed by atoms with Crippen LogP contribution < -0.4 is 10.1 Å². The molecule has 172 valence electrons. The molecule has 6 nitrogen and oxygen atoms in total. The van der Waals surface area contributed by atoms with Crippen LogP contribution in [0.1, 0.15) is 17.2 Å². The first kappa shape index (κ1) is 24.2. The van der Waals surface area contributed by atoms with Gasteiger partial charge in [0.05, 0.1) is 11.6 Å². The Kier molecular flexibility index (Phi) is 8.80. The molecule has 0 unspecified atom stereocenters. The molecule has 3 rings (SSSR count). The number of benzene rings is 3. The molecule has 2 amide bonds. The summed E-state index contributed by atoms with van der Waals surface area (Å²) in [4.78, 5) is 27.8. The summed E-state index contributed by atoms with van der Waals surface area (Å²) in [7, 11) is 0. The van der Waals surface area contributed by atoms with Crippen molar-refractivity contribution in [2.45, 2.75) is 12.6 Å². The largest absolute Gasteiger partial charge is 0.482 e. The van der Waals surface area contributed by atoms with E-state index in [1.807, 2.05) is 0 Å². The number of para-hydroxylation sites is 1. The molecule has 0 aliphatic heterocycles. The highest BCUT2D eigenvalue weighted by Crippen LogP contribution is 2.26. The maximum atomic E-state index is 13.4. The molecule has 0 fully saturated rings. The number of aliphatic hydroxyl groups excluding tert-OH is 1. The number of hydrogen-bond donors (Lipinski definition) is 2. The Labute approximate surface area is 196 Å². The fourth-order valence-electron chi connectivity index (χ4n) is 3.28. The number of ether oxygens (including phenoxy) is 1. The number of nitrogens with zero attached hydrogens (tertiary/aromatic N) is 1. The fraction of sp³-hybridized carbons (Fsp3) is 0.200. The summed E-state index contributed by atoms with van der Waals surface area (Å²) < 4.78 is 19.0. The van der Waals surface area contributed by atoms with E-state index in [2.05, 4.69) is 5.32 Å². The van der Waals surface area contributed by atoms with E-state index in [0.717, 1.165) is 0 Å². The average molecular weight is 471 g/mol. The third-order valence-electron chi connectivity index (χ3n) is 4.86. The van der Waals surface area contributed by atoms with Crippen molar-refractivity contribution in [1.29, 1.82) is 0 Å². The van der Waals surface area contributed by atoms with Crippen molar-refractivity contribution in [3.8, 4) is 5.75 Å². The monoisotopic (exact) mass is 470 g/mol. The maximum absolute atomic E-state index is 13.4. The third kappa shape index (κ3) is 6.78. The molecule has 0 heterocycles. The summed E-state index contributed by atoms with van der Waals surface area (Å²) in [6, 6.07) is 20.3. The molecule has 1 atom stereocenters. The molecule has 8 heteroatoms. The first-order valence-electron chi connectivity index (χ1n) is 10.3. The molecule has 33 heavy (non-hydrogen) atoms. The average Bonchev–Trinajstić information content (AvgIpc) is 2.83. The van der Waals surface area contributed by atoms with E-state index >= 15 is 0 Å². The molecule has 0 aromatic heterocycles. The lowest BCUT2D eigenvalue weighted by molar-refractivity contribution is -0.143. The van der Waals surface area contributed by atoms with Gasteiger partial charge in [0.2, 0.25) is 5.91 Å². The highest BCUT2D eigenvalue weighted by Gasteiger charge is 2.31. The lowest BCUT2D eigenvalue weighted by Gasteiger charge is -2.31. The fourth-order valence-corrected chi connectivity index (χ4v) is 3.47. The topological polar surface area (TPSA) is 78.9 Å². The second-order valence-electron chi connectivity index (χ2n) is 7.20. The van der Waals surface area contributed by atoms with Crippen LogP contribution in [0.5, 0.6) is 5.75 Å². The standard InChI is InChI=1S/C25H24ClFN2O4/c26-21-8-4-5-9-22(21)33-17-23(31)29(16-18-10-12-20(27)13-11-18)24(25(32)28-14-15-30)19-6-2-1-3-7-19/h1-13,24,30H,14-17H2,(H,28,32)/t24-/m1/s1. The highest BCUT2D eigenvalue weighted by molar-refractivity contribution is 6.32. The van der Waals surface area contributed by atoms with Gasteiger partial charge in [-0.05, 0) is 35.4 Å². The van der Waals surface area contributed by atoms with E-state index < -0.39 is 23.7 Å². The Morgan fingerprint density at radius 1 is 1.00 bits per heavy atom. The normalized spacial score (nSPS) is 11.5. The van der Waals surface area contributed by atoms with Crippen molar-refractivity contribution in [1.82, 2.24) is 10.2 Å².